The van der Waals surface area contributed by atoms with Crippen LogP contribution >= 0.6 is 0 Å². The topological polar surface area (TPSA) is 15.3 Å². The van der Waals surface area contributed by atoms with E-state index in [1.807, 2.05) is 0 Å². The molecule has 1 aromatic rings. The number of hydrogen-bond donors (Lipinski definition) is 1. The van der Waals surface area contributed by atoms with Crippen LogP contribution in [-0.2, 0) is 0 Å². The summed E-state index contributed by atoms with van der Waals surface area (Å²) in [4.78, 5) is 2.59. The Hall–Kier alpha value is -0.860. The molecular weight excluding hydrogens is 220 g/mol. The number of piperazine rings is 1. The fourth-order valence-electron chi connectivity index (χ4n) is 2.76. The SMILES string of the molecule is CC(CCN1CCNC(C)(C)C1)c1ccccc1. The molecule has 0 aliphatic carbocycles. The van der Waals surface area contributed by atoms with Gasteiger partial charge in [-0.2, -0.15) is 0 Å². The second-order valence-corrected chi connectivity index (χ2v) is 6.19. The number of nitrogens with zero attached hydrogens (tertiary/aromatic N) is 1. The second-order valence-electron chi connectivity index (χ2n) is 6.19. The van der Waals surface area contributed by atoms with Gasteiger partial charge in [-0.25, -0.2) is 0 Å². The monoisotopic (exact) mass is 246 g/mol. The normalized spacial score (nSPS) is 21.7. The molecule has 1 aliphatic heterocycles. The Bertz CT molecular complexity index is 359. The van der Waals surface area contributed by atoms with Gasteiger partial charge >= 0.3 is 0 Å². The molecule has 1 fully saturated rings. The van der Waals surface area contributed by atoms with Gasteiger partial charge in [0.15, 0.2) is 0 Å². The molecule has 0 amide bonds. The van der Waals surface area contributed by atoms with Crippen LogP contribution in [0.2, 0.25) is 0 Å². The molecule has 0 saturated carbocycles. The number of benzene rings is 1. The first-order valence-corrected chi connectivity index (χ1v) is 7.09. The molecule has 2 heteroatoms. The molecule has 2 rings (SSSR count). The third-order valence-corrected chi connectivity index (χ3v) is 3.90. The van der Waals surface area contributed by atoms with Crippen molar-refractivity contribution >= 4 is 0 Å². The molecule has 1 unspecified atom stereocenters. The first-order valence-electron chi connectivity index (χ1n) is 7.09. The number of hydrogen-bond acceptors (Lipinski definition) is 2. The first kappa shape index (κ1) is 13.6. The minimum atomic E-state index is 0.272. The van der Waals surface area contributed by atoms with E-state index in [0.29, 0.717) is 5.92 Å². The molecule has 2 nitrogen and oxygen atoms in total. The van der Waals surface area contributed by atoms with E-state index in [0.717, 1.165) is 13.1 Å². The molecule has 1 heterocycles. The maximum atomic E-state index is 3.57. The van der Waals surface area contributed by atoms with E-state index in [1.54, 1.807) is 0 Å². The first-order chi connectivity index (χ1) is 8.57. The van der Waals surface area contributed by atoms with Crippen LogP contribution in [0, 0.1) is 0 Å². The quantitative estimate of drug-likeness (QED) is 0.879. The van der Waals surface area contributed by atoms with Crippen LogP contribution in [0.4, 0.5) is 0 Å². The van der Waals surface area contributed by atoms with Crippen molar-refractivity contribution in [3.63, 3.8) is 0 Å². The summed E-state index contributed by atoms with van der Waals surface area (Å²) in [5.41, 5.74) is 1.74. The van der Waals surface area contributed by atoms with E-state index in [2.05, 4.69) is 61.3 Å². The second kappa shape index (κ2) is 5.85. The van der Waals surface area contributed by atoms with Crippen molar-refractivity contribution in [2.24, 2.45) is 0 Å². The maximum Gasteiger partial charge on any atom is 0.0252 e. The van der Waals surface area contributed by atoms with E-state index in [4.69, 9.17) is 0 Å². The summed E-state index contributed by atoms with van der Waals surface area (Å²) in [6, 6.07) is 10.9. The Morgan fingerprint density at radius 3 is 2.67 bits per heavy atom. The maximum absolute atomic E-state index is 3.57. The van der Waals surface area contributed by atoms with Crippen molar-refractivity contribution in [1.82, 2.24) is 10.2 Å². The van der Waals surface area contributed by atoms with Crippen molar-refractivity contribution in [3.8, 4) is 0 Å². The minimum Gasteiger partial charge on any atom is -0.309 e. The summed E-state index contributed by atoms with van der Waals surface area (Å²) in [5.74, 6) is 0.657. The molecule has 100 valence electrons. The smallest absolute Gasteiger partial charge is 0.0252 e. The standard InChI is InChI=1S/C16H26N2/c1-14(15-7-5-4-6-8-15)9-11-18-12-10-17-16(2,3)13-18/h4-8,14,17H,9-13H2,1-3H3. The average molecular weight is 246 g/mol. The Kier molecular flexibility index (Phi) is 4.41. The number of rotatable bonds is 4. The fourth-order valence-corrected chi connectivity index (χ4v) is 2.76. The molecule has 1 atom stereocenters. The highest BCUT2D eigenvalue weighted by Crippen LogP contribution is 2.20. The molecule has 1 aliphatic rings. The van der Waals surface area contributed by atoms with E-state index in [1.165, 1.54) is 25.1 Å². The Morgan fingerprint density at radius 2 is 2.00 bits per heavy atom. The summed E-state index contributed by atoms with van der Waals surface area (Å²) in [5, 5.41) is 3.57. The lowest BCUT2D eigenvalue weighted by molar-refractivity contribution is 0.151. The third-order valence-electron chi connectivity index (χ3n) is 3.90. The van der Waals surface area contributed by atoms with E-state index < -0.39 is 0 Å². The van der Waals surface area contributed by atoms with Gasteiger partial charge in [0.2, 0.25) is 0 Å². The summed E-state index contributed by atoms with van der Waals surface area (Å²) < 4.78 is 0. The van der Waals surface area contributed by atoms with Crippen LogP contribution in [0.3, 0.4) is 0 Å². The Morgan fingerprint density at radius 1 is 1.28 bits per heavy atom. The van der Waals surface area contributed by atoms with E-state index in [9.17, 15) is 0 Å². The largest absolute Gasteiger partial charge is 0.309 e. The molecule has 18 heavy (non-hydrogen) atoms. The summed E-state index contributed by atoms with van der Waals surface area (Å²) in [6.07, 6.45) is 1.25. The lowest BCUT2D eigenvalue weighted by Gasteiger charge is -2.39. The molecule has 1 N–H and O–H groups in total. The van der Waals surface area contributed by atoms with Crippen molar-refractivity contribution in [2.75, 3.05) is 26.2 Å². The Balaban J connectivity index is 1.81. The lowest BCUT2D eigenvalue weighted by atomic mass is 9.96. The third kappa shape index (κ3) is 3.82. The van der Waals surface area contributed by atoms with Gasteiger partial charge in [0, 0.05) is 25.2 Å². The predicted octanol–water partition coefficient (Wildman–Crippen LogP) is 2.86. The van der Waals surface area contributed by atoms with Crippen LogP contribution in [-0.4, -0.2) is 36.6 Å². The van der Waals surface area contributed by atoms with Crippen LogP contribution in [0.15, 0.2) is 30.3 Å². The zero-order chi connectivity index (χ0) is 13.0. The van der Waals surface area contributed by atoms with Crippen molar-refractivity contribution in [3.05, 3.63) is 35.9 Å². The summed E-state index contributed by atoms with van der Waals surface area (Å²) >= 11 is 0. The highest BCUT2D eigenvalue weighted by Gasteiger charge is 2.25. The summed E-state index contributed by atoms with van der Waals surface area (Å²) in [6.45, 7) is 11.6. The van der Waals surface area contributed by atoms with Crippen LogP contribution in [0.1, 0.15) is 38.7 Å². The fraction of sp³-hybridized carbons (Fsp3) is 0.625. The zero-order valence-electron chi connectivity index (χ0n) is 11.9. The van der Waals surface area contributed by atoms with Gasteiger partial charge in [-0.05, 0) is 38.3 Å². The molecule has 1 aromatic carbocycles. The van der Waals surface area contributed by atoms with Gasteiger partial charge in [-0.3, -0.25) is 0 Å². The van der Waals surface area contributed by atoms with Crippen LogP contribution in [0.5, 0.6) is 0 Å². The number of nitrogens with one attached hydrogen (secondary N) is 1. The average Bonchev–Trinajstić information content (AvgIpc) is 2.36. The van der Waals surface area contributed by atoms with Crippen molar-refractivity contribution < 1.29 is 0 Å². The van der Waals surface area contributed by atoms with E-state index in [-0.39, 0.29) is 5.54 Å². The molecule has 0 aromatic heterocycles. The molecule has 0 bridgehead atoms. The molecule has 0 spiro atoms. The van der Waals surface area contributed by atoms with Gasteiger partial charge in [-0.15, -0.1) is 0 Å². The van der Waals surface area contributed by atoms with Gasteiger partial charge in [0.1, 0.15) is 0 Å². The minimum absolute atomic E-state index is 0.272. The highest BCUT2D eigenvalue weighted by atomic mass is 15.2. The lowest BCUT2D eigenvalue weighted by Crippen LogP contribution is -2.57. The van der Waals surface area contributed by atoms with Crippen molar-refractivity contribution in [2.45, 2.75) is 38.6 Å². The summed E-state index contributed by atoms with van der Waals surface area (Å²) in [7, 11) is 0. The van der Waals surface area contributed by atoms with Gasteiger partial charge in [0.05, 0.1) is 0 Å². The van der Waals surface area contributed by atoms with Crippen LogP contribution < -0.4 is 5.32 Å². The Labute approximate surface area is 111 Å². The highest BCUT2D eigenvalue weighted by molar-refractivity contribution is 5.18. The molecule has 1 saturated heterocycles. The van der Waals surface area contributed by atoms with Gasteiger partial charge < -0.3 is 10.2 Å². The van der Waals surface area contributed by atoms with E-state index >= 15 is 0 Å². The van der Waals surface area contributed by atoms with Crippen LogP contribution in [0.25, 0.3) is 0 Å². The predicted molar refractivity (Wildman–Crippen MR) is 78.0 cm³/mol. The van der Waals surface area contributed by atoms with Gasteiger partial charge in [-0.1, -0.05) is 37.3 Å². The molecule has 0 radical (unpaired) electrons. The zero-order valence-corrected chi connectivity index (χ0v) is 11.9. The molecular formula is C16H26N2. The van der Waals surface area contributed by atoms with Gasteiger partial charge in [0.25, 0.3) is 0 Å². The van der Waals surface area contributed by atoms with Crippen molar-refractivity contribution in [1.29, 1.82) is 0 Å².